The van der Waals surface area contributed by atoms with Gasteiger partial charge < -0.3 is 20.1 Å². The monoisotopic (exact) mass is 324 g/mol. The van der Waals surface area contributed by atoms with Gasteiger partial charge in [-0.1, -0.05) is 13.0 Å². The summed E-state index contributed by atoms with van der Waals surface area (Å²) in [7, 11) is 0. The average Bonchev–Trinajstić information content (AvgIpc) is 2.52. The van der Waals surface area contributed by atoms with Gasteiger partial charge in [0.25, 0.3) is 0 Å². The minimum absolute atomic E-state index is 0.0830. The van der Waals surface area contributed by atoms with Crippen molar-refractivity contribution in [2.24, 2.45) is 5.92 Å². The first-order valence-corrected chi connectivity index (χ1v) is 8.51. The molecule has 1 aromatic carbocycles. The maximum absolute atomic E-state index is 14.4. The van der Waals surface area contributed by atoms with Gasteiger partial charge in [-0.15, -0.1) is 0 Å². The molecular formula is C18H29FN2O2. The molecule has 130 valence electrons. The van der Waals surface area contributed by atoms with Gasteiger partial charge >= 0.3 is 0 Å². The number of rotatable bonds is 7. The van der Waals surface area contributed by atoms with Gasteiger partial charge in [0.2, 0.25) is 0 Å². The van der Waals surface area contributed by atoms with E-state index in [1.54, 1.807) is 13.0 Å². The van der Waals surface area contributed by atoms with Crippen LogP contribution in [0, 0.1) is 11.7 Å². The number of benzene rings is 1. The fourth-order valence-electron chi connectivity index (χ4n) is 3.01. The van der Waals surface area contributed by atoms with E-state index >= 15 is 0 Å². The molecule has 0 radical (unpaired) electrons. The van der Waals surface area contributed by atoms with E-state index in [0.717, 1.165) is 31.6 Å². The van der Waals surface area contributed by atoms with E-state index < -0.39 is 0 Å². The standard InChI is InChI=1S/C18H29FN2O2/c1-13(10-14(2)22)12-20-15(3)16-4-5-18(17(19)11-16)21-6-8-23-9-7-21/h4-5,11,13-15,20,22H,6-10,12H2,1-3H3. The molecule has 1 fully saturated rings. The lowest BCUT2D eigenvalue weighted by molar-refractivity contribution is 0.122. The number of anilines is 1. The van der Waals surface area contributed by atoms with Crippen LogP contribution in [0.25, 0.3) is 0 Å². The second kappa shape index (κ2) is 8.62. The second-order valence-corrected chi connectivity index (χ2v) is 6.63. The first kappa shape index (κ1) is 18.2. The van der Waals surface area contributed by atoms with Gasteiger partial charge in [0.05, 0.1) is 25.0 Å². The molecule has 1 aliphatic heterocycles. The molecule has 0 amide bonds. The number of hydrogen-bond acceptors (Lipinski definition) is 4. The molecule has 0 bridgehead atoms. The summed E-state index contributed by atoms with van der Waals surface area (Å²) >= 11 is 0. The van der Waals surface area contributed by atoms with Gasteiger partial charge in [-0.2, -0.15) is 0 Å². The highest BCUT2D eigenvalue weighted by Crippen LogP contribution is 2.24. The van der Waals surface area contributed by atoms with Crippen molar-refractivity contribution in [2.75, 3.05) is 37.7 Å². The van der Waals surface area contributed by atoms with Crippen LogP contribution in [-0.2, 0) is 4.74 Å². The van der Waals surface area contributed by atoms with Crippen molar-refractivity contribution in [1.29, 1.82) is 0 Å². The number of hydrogen-bond donors (Lipinski definition) is 2. The molecule has 3 atom stereocenters. The van der Waals surface area contributed by atoms with Crippen LogP contribution in [0.2, 0.25) is 0 Å². The number of aliphatic hydroxyl groups is 1. The van der Waals surface area contributed by atoms with E-state index in [0.29, 0.717) is 24.8 Å². The smallest absolute Gasteiger partial charge is 0.146 e. The Labute approximate surface area is 138 Å². The molecule has 1 heterocycles. The van der Waals surface area contributed by atoms with Crippen LogP contribution in [0.5, 0.6) is 0 Å². The van der Waals surface area contributed by atoms with Crippen LogP contribution in [0.3, 0.4) is 0 Å². The van der Waals surface area contributed by atoms with Crippen molar-refractivity contribution >= 4 is 5.69 Å². The quantitative estimate of drug-likeness (QED) is 0.809. The normalized spacial score (nSPS) is 19.4. The zero-order valence-electron chi connectivity index (χ0n) is 14.4. The third kappa shape index (κ3) is 5.44. The minimum Gasteiger partial charge on any atom is -0.393 e. The highest BCUT2D eigenvalue weighted by molar-refractivity contribution is 5.49. The number of nitrogens with one attached hydrogen (secondary N) is 1. The van der Waals surface area contributed by atoms with Gasteiger partial charge in [0.1, 0.15) is 5.82 Å². The summed E-state index contributed by atoms with van der Waals surface area (Å²) in [5.74, 6) is 0.213. The Balaban J connectivity index is 1.93. The lowest BCUT2D eigenvalue weighted by Gasteiger charge is -2.29. The van der Waals surface area contributed by atoms with Crippen LogP contribution < -0.4 is 10.2 Å². The summed E-state index contributed by atoms with van der Waals surface area (Å²) in [6.07, 6.45) is 0.483. The second-order valence-electron chi connectivity index (χ2n) is 6.63. The number of morpholine rings is 1. The summed E-state index contributed by atoms with van der Waals surface area (Å²) in [5, 5.41) is 12.8. The van der Waals surface area contributed by atoms with Crippen LogP contribution in [0.4, 0.5) is 10.1 Å². The third-order valence-electron chi connectivity index (χ3n) is 4.34. The highest BCUT2D eigenvalue weighted by Gasteiger charge is 2.17. The summed E-state index contributed by atoms with van der Waals surface area (Å²) in [6, 6.07) is 5.57. The molecule has 2 rings (SSSR count). The maximum Gasteiger partial charge on any atom is 0.146 e. The highest BCUT2D eigenvalue weighted by atomic mass is 19.1. The van der Waals surface area contributed by atoms with E-state index in [9.17, 15) is 9.50 Å². The van der Waals surface area contributed by atoms with Gasteiger partial charge in [0.15, 0.2) is 0 Å². The van der Waals surface area contributed by atoms with Gasteiger partial charge in [-0.05, 0) is 50.4 Å². The molecule has 1 aliphatic rings. The Morgan fingerprint density at radius 2 is 1.96 bits per heavy atom. The van der Waals surface area contributed by atoms with Crippen molar-refractivity contribution < 1.29 is 14.2 Å². The molecule has 2 N–H and O–H groups in total. The first-order chi connectivity index (χ1) is 11.0. The van der Waals surface area contributed by atoms with E-state index in [2.05, 4.69) is 12.2 Å². The van der Waals surface area contributed by atoms with Crippen molar-refractivity contribution in [3.63, 3.8) is 0 Å². The third-order valence-corrected chi connectivity index (χ3v) is 4.34. The molecule has 0 spiro atoms. The Morgan fingerprint density at radius 3 is 2.57 bits per heavy atom. The molecule has 5 heteroatoms. The zero-order valence-corrected chi connectivity index (χ0v) is 14.4. The molecular weight excluding hydrogens is 295 g/mol. The average molecular weight is 324 g/mol. The fourth-order valence-corrected chi connectivity index (χ4v) is 3.01. The number of aliphatic hydroxyl groups excluding tert-OH is 1. The maximum atomic E-state index is 14.4. The number of halogens is 1. The lowest BCUT2D eigenvalue weighted by Crippen LogP contribution is -2.36. The summed E-state index contributed by atoms with van der Waals surface area (Å²) in [5.41, 5.74) is 1.61. The van der Waals surface area contributed by atoms with Gasteiger partial charge in [-0.3, -0.25) is 0 Å². The summed E-state index contributed by atoms with van der Waals surface area (Å²) in [6.45, 7) is 9.54. The molecule has 1 aromatic rings. The molecule has 4 nitrogen and oxygen atoms in total. The predicted molar refractivity (Wildman–Crippen MR) is 91.3 cm³/mol. The molecule has 23 heavy (non-hydrogen) atoms. The number of ether oxygens (including phenoxy) is 1. The summed E-state index contributed by atoms with van der Waals surface area (Å²) in [4.78, 5) is 2.03. The Morgan fingerprint density at radius 1 is 1.26 bits per heavy atom. The molecule has 0 aromatic heterocycles. The van der Waals surface area contributed by atoms with Crippen molar-refractivity contribution in [3.05, 3.63) is 29.6 Å². The first-order valence-electron chi connectivity index (χ1n) is 8.51. The van der Waals surface area contributed by atoms with Crippen molar-refractivity contribution in [2.45, 2.75) is 39.3 Å². The van der Waals surface area contributed by atoms with Crippen molar-refractivity contribution in [1.82, 2.24) is 5.32 Å². The topological polar surface area (TPSA) is 44.7 Å². The van der Waals surface area contributed by atoms with Crippen LogP contribution >= 0.6 is 0 Å². The van der Waals surface area contributed by atoms with Crippen molar-refractivity contribution in [3.8, 4) is 0 Å². The molecule has 0 saturated carbocycles. The van der Waals surface area contributed by atoms with E-state index in [4.69, 9.17) is 4.74 Å². The molecule has 3 unspecified atom stereocenters. The Bertz CT molecular complexity index is 490. The van der Waals surface area contributed by atoms with E-state index in [1.807, 2.05) is 24.0 Å². The van der Waals surface area contributed by atoms with E-state index in [-0.39, 0.29) is 18.0 Å². The largest absolute Gasteiger partial charge is 0.393 e. The Kier molecular flexibility index (Phi) is 6.81. The predicted octanol–water partition coefficient (Wildman–Crippen LogP) is 2.72. The SMILES string of the molecule is CC(O)CC(C)CNC(C)c1ccc(N2CCOCC2)c(F)c1. The molecule has 0 aliphatic carbocycles. The van der Waals surface area contributed by atoms with Crippen LogP contribution in [0.15, 0.2) is 18.2 Å². The fraction of sp³-hybridized carbons (Fsp3) is 0.667. The van der Waals surface area contributed by atoms with Gasteiger partial charge in [-0.25, -0.2) is 4.39 Å². The van der Waals surface area contributed by atoms with Gasteiger partial charge in [0, 0.05) is 19.1 Å². The minimum atomic E-state index is -0.285. The Hall–Kier alpha value is -1.17. The molecule has 1 saturated heterocycles. The summed E-state index contributed by atoms with van der Waals surface area (Å²) < 4.78 is 19.7. The lowest BCUT2D eigenvalue weighted by atomic mass is 10.0. The van der Waals surface area contributed by atoms with Crippen LogP contribution in [-0.4, -0.2) is 44.1 Å². The number of nitrogens with zero attached hydrogens (tertiary/aromatic N) is 1. The van der Waals surface area contributed by atoms with E-state index in [1.165, 1.54) is 0 Å². The zero-order chi connectivity index (χ0) is 16.8. The van der Waals surface area contributed by atoms with Crippen LogP contribution in [0.1, 0.15) is 38.8 Å².